The van der Waals surface area contributed by atoms with E-state index in [0.717, 1.165) is 23.1 Å². The van der Waals surface area contributed by atoms with Gasteiger partial charge in [0, 0.05) is 5.92 Å². The van der Waals surface area contributed by atoms with Gasteiger partial charge in [-0.1, -0.05) is 31.2 Å². The number of hydrogen-bond acceptors (Lipinski definition) is 1. The monoisotopic (exact) mass is 184 g/mol. The summed E-state index contributed by atoms with van der Waals surface area (Å²) in [6.07, 6.45) is 2.64. The molecule has 0 aromatic heterocycles. The first-order valence-corrected chi connectivity index (χ1v) is 4.72. The van der Waals surface area contributed by atoms with Crippen LogP contribution in [0.3, 0.4) is 0 Å². The molecular formula is C13H14N. The Morgan fingerprint density at radius 2 is 2.29 bits per heavy atom. The fraction of sp³-hybridized carbons (Fsp3) is 0.231. The van der Waals surface area contributed by atoms with Crippen molar-refractivity contribution in [2.45, 2.75) is 19.3 Å². The molecule has 0 saturated heterocycles. The van der Waals surface area contributed by atoms with Gasteiger partial charge in [0.2, 0.25) is 0 Å². The van der Waals surface area contributed by atoms with Gasteiger partial charge in [-0.25, -0.2) is 0 Å². The second-order valence-electron chi connectivity index (χ2n) is 3.19. The van der Waals surface area contributed by atoms with E-state index in [0.29, 0.717) is 0 Å². The molecule has 14 heavy (non-hydrogen) atoms. The summed E-state index contributed by atoms with van der Waals surface area (Å²) >= 11 is 0. The standard InChI is InChI=1S/C13H14N/c1-4-10(3)12-8-6-7-11(5-2)13(12)9-14/h4,6-8,10H,1,3,5H2,2H3. The first-order chi connectivity index (χ1) is 6.74. The Hall–Kier alpha value is -1.55. The Bertz CT molecular complexity index is 371. The van der Waals surface area contributed by atoms with Crippen molar-refractivity contribution in [1.82, 2.24) is 0 Å². The van der Waals surface area contributed by atoms with E-state index in [4.69, 9.17) is 5.26 Å². The van der Waals surface area contributed by atoms with E-state index in [2.05, 4.69) is 19.6 Å². The maximum absolute atomic E-state index is 9.06. The molecule has 1 aromatic carbocycles. The summed E-state index contributed by atoms with van der Waals surface area (Å²) in [4.78, 5) is 0. The maximum Gasteiger partial charge on any atom is 0.0997 e. The predicted molar refractivity (Wildman–Crippen MR) is 58.8 cm³/mol. The van der Waals surface area contributed by atoms with Gasteiger partial charge in [0.1, 0.15) is 0 Å². The molecule has 1 unspecified atom stereocenters. The molecule has 0 aliphatic carbocycles. The van der Waals surface area contributed by atoms with E-state index >= 15 is 0 Å². The minimum Gasteiger partial charge on any atom is -0.192 e. The lowest BCUT2D eigenvalue weighted by Crippen LogP contribution is -1.98. The zero-order valence-electron chi connectivity index (χ0n) is 8.46. The normalized spacial score (nSPS) is 11.8. The summed E-state index contributed by atoms with van der Waals surface area (Å²) in [7, 11) is 0. The Kier molecular flexibility index (Phi) is 3.48. The fourth-order valence-electron chi connectivity index (χ4n) is 1.49. The minimum absolute atomic E-state index is 0.00356. The molecule has 0 amide bonds. The number of benzene rings is 1. The van der Waals surface area contributed by atoms with Crippen LogP contribution >= 0.6 is 0 Å². The lowest BCUT2D eigenvalue weighted by Gasteiger charge is -2.11. The van der Waals surface area contributed by atoms with E-state index in [9.17, 15) is 0 Å². The summed E-state index contributed by atoms with van der Waals surface area (Å²) < 4.78 is 0. The molecule has 0 fully saturated rings. The maximum atomic E-state index is 9.06. The minimum atomic E-state index is -0.00356. The van der Waals surface area contributed by atoms with Crippen molar-refractivity contribution in [2.24, 2.45) is 0 Å². The third-order valence-electron chi connectivity index (χ3n) is 2.36. The van der Waals surface area contributed by atoms with Crippen LogP contribution in [0.25, 0.3) is 0 Å². The van der Waals surface area contributed by atoms with Crippen molar-refractivity contribution in [1.29, 1.82) is 5.26 Å². The van der Waals surface area contributed by atoms with Gasteiger partial charge in [0.15, 0.2) is 0 Å². The Labute approximate surface area is 85.7 Å². The van der Waals surface area contributed by atoms with Crippen LogP contribution < -0.4 is 0 Å². The van der Waals surface area contributed by atoms with Gasteiger partial charge in [0.05, 0.1) is 11.6 Å². The lowest BCUT2D eigenvalue weighted by atomic mass is 9.92. The number of allylic oxidation sites excluding steroid dienone is 1. The van der Waals surface area contributed by atoms with E-state index in [1.807, 2.05) is 25.1 Å². The molecule has 0 N–H and O–H groups in total. The Balaban J connectivity index is 3.30. The van der Waals surface area contributed by atoms with Gasteiger partial charge in [0.25, 0.3) is 0 Å². The van der Waals surface area contributed by atoms with Gasteiger partial charge < -0.3 is 0 Å². The molecule has 1 nitrogen and oxygen atoms in total. The zero-order valence-corrected chi connectivity index (χ0v) is 8.46. The van der Waals surface area contributed by atoms with E-state index in [-0.39, 0.29) is 5.92 Å². The van der Waals surface area contributed by atoms with Crippen molar-refractivity contribution in [3.05, 3.63) is 54.5 Å². The molecule has 1 heteroatoms. The molecule has 1 atom stereocenters. The highest BCUT2D eigenvalue weighted by Gasteiger charge is 2.10. The van der Waals surface area contributed by atoms with Crippen LogP contribution in [0, 0.1) is 18.3 Å². The molecule has 0 bridgehead atoms. The van der Waals surface area contributed by atoms with Gasteiger partial charge in [-0.05, 0) is 24.5 Å². The first-order valence-electron chi connectivity index (χ1n) is 4.72. The van der Waals surface area contributed by atoms with E-state index < -0.39 is 0 Å². The van der Waals surface area contributed by atoms with Crippen LogP contribution in [-0.4, -0.2) is 0 Å². The number of nitriles is 1. The van der Waals surface area contributed by atoms with Crippen LogP contribution in [0.4, 0.5) is 0 Å². The van der Waals surface area contributed by atoms with Crippen molar-refractivity contribution in [3.63, 3.8) is 0 Å². The second-order valence-corrected chi connectivity index (χ2v) is 3.19. The summed E-state index contributed by atoms with van der Waals surface area (Å²) in [6.45, 7) is 9.69. The fourth-order valence-corrected chi connectivity index (χ4v) is 1.49. The second kappa shape index (κ2) is 4.62. The van der Waals surface area contributed by atoms with Crippen LogP contribution in [0.15, 0.2) is 30.9 Å². The number of rotatable bonds is 3. The van der Waals surface area contributed by atoms with Gasteiger partial charge >= 0.3 is 0 Å². The molecule has 1 aromatic rings. The highest BCUT2D eigenvalue weighted by molar-refractivity contribution is 5.47. The van der Waals surface area contributed by atoms with Gasteiger partial charge in [-0.2, -0.15) is 5.26 Å². The van der Waals surface area contributed by atoms with Crippen LogP contribution in [0.1, 0.15) is 29.5 Å². The lowest BCUT2D eigenvalue weighted by molar-refractivity contribution is 1.04. The third kappa shape index (κ3) is 1.85. The predicted octanol–water partition coefficient (Wildman–Crippen LogP) is 3.22. The largest absolute Gasteiger partial charge is 0.192 e. The molecule has 71 valence electrons. The molecular weight excluding hydrogens is 170 g/mol. The van der Waals surface area contributed by atoms with Crippen molar-refractivity contribution in [2.75, 3.05) is 0 Å². The van der Waals surface area contributed by atoms with Crippen molar-refractivity contribution >= 4 is 0 Å². The molecule has 1 radical (unpaired) electrons. The molecule has 0 spiro atoms. The SMILES string of the molecule is [CH2]C(C=C)c1cccc(CC)c1C#N. The first kappa shape index (κ1) is 10.5. The summed E-state index contributed by atoms with van der Waals surface area (Å²) in [5, 5.41) is 9.06. The van der Waals surface area contributed by atoms with Crippen molar-refractivity contribution in [3.8, 4) is 6.07 Å². The molecule has 0 aliphatic heterocycles. The Morgan fingerprint density at radius 3 is 2.79 bits per heavy atom. The van der Waals surface area contributed by atoms with Crippen molar-refractivity contribution < 1.29 is 0 Å². The number of hydrogen-bond donors (Lipinski definition) is 0. The van der Waals surface area contributed by atoms with Crippen LogP contribution in [0.5, 0.6) is 0 Å². The molecule has 0 saturated carbocycles. The smallest absolute Gasteiger partial charge is 0.0997 e. The quantitative estimate of drug-likeness (QED) is 0.662. The molecule has 0 aliphatic rings. The Morgan fingerprint density at radius 1 is 1.57 bits per heavy atom. The molecule has 0 heterocycles. The third-order valence-corrected chi connectivity index (χ3v) is 2.36. The highest BCUT2D eigenvalue weighted by atomic mass is 14.3. The summed E-state index contributed by atoms with van der Waals surface area (Å²) in [5.74, 6) is -0.00356. The summed E-state index contributed by atoms with van der Waals surface area (Å²) in [5.41, 5.74) is 2.82. The van der Waals surface area contributed by atoms with E-state index in [1.54, 1.807) is 6.08 Å². The van der Waals surface area contributed by atoms with Gasteiger partial charge in [-0.15, -0.1) is 6.58 Å². The topological polar surface area (TPSA) is 23.8 Å². The summed E-state index contributed by atoms with van der Waals surface area (Å²) in [6, 6.07) is 8.14. The average molecular weight is 184 g/mol. The zero-order chi connectivity index (χ0) is 10.6. The number of nitrogens with zero attached hydrogens (tertiary/aromatic N) is 1. The van der Waals surface area contributed by atoms with Gasteiger partial charge in [-0.3, -0.25) is 0 Å². The highest BCUT2D eigenvalue weighted by Crippen LogP contribution is 2.23. The number of aryl methyl sites for hydroxylation is 1. The van der Waals surface area contributed by atoms with E-state index in [1.165, 1.54) is 0 Å². The van der Waals surface area contributed by atoms with Crippen LogP contribution in [0.2, 0.25) is 0 Å². The average Bonchev–Trinajstić information content (AvgIpc) is 2.26. The molecule has 1 rings (SSSR count). The van der Waals surface area contributed by atoms with Crippen LogP contribution in [-0.2, 0) is 6.42 Å².